The van der Waals surface area contributed by atoms with Crippen molar-refractivity contribution in [3.05, 3.63) is 36.0 Å². The van der Waals surface area contributed by atoms with E-state index >= 15 is 0 Å². The number of ether oxygens (including phenoxy) is 3. The highest BCUT2D eigenvalue weighted by atomic mass is 16.5. The van der Waals surface area contributed by atoms with Gasteiger partial charge in [-0.05, 0) is 38.1 Å². The van der Waals surface area contributed by atoms with Crippen molar-refractivity contribution in [3.8, 4) is 17.4 Å². The maximum absolute atomic E-state index is 8.47. The Labute approximate surface area is 150 Å². The van der Waals surface area contributed by atoms with Gasteiger partial charge in [-0.25, -0.2) is 4.98 Å². The van der Waals surface area contributed by atoms with E-state index in [2.05, 4.69) is 10.3 Å². The molecule has 0 bridgehead atoms. The zero-order chi connectivity index (χ0) is 19.0. The van der Waals surface area contributed by atoms with Crippen molar-refractivity contribution in [1.29, 1.82) is 0 Å². The fourth-order valence-corrected chi connectivity index (χ4v) is 3.16. The average Bonchev–Trinajstić information content (AvgIpc) is 3.14. The molecule has 1 N–H and O–H groups in total. The minimum Gasteiger partial charge on any atom is -0.490 e. The van der Waals surface area contributed by atoms with Crippen LogP contribution >= 0.6 is 0 Å². The number of pyridine rings is 1. The maximum atomic E-state index is 8.47. The second-order valence-electron chi connectivity index (χ2n) is 6.16. The van der Waals surface area contributed by atoms with Crippen molar-refractivity contribution < 1.29 is 17.0 Å². The van der Waals surface area contributed by atoms with Gasteiger partial charge in [0.2, 0.25) is 5.88 Å². The number of rotatable bonds is 4. The smallest absolute Gasteiger partial charge is 0.216 e. The topological polar surface area (TPSA) is 55.9 Å². The summed E-state index contributed by atoms with van der Waals surface area (Å²) in [5, 5.41) is 3.28. The lowest BCUT2D eigenvalue weighted by molar-refractivity contribution is 0.222. The molecule has 132 valence electrons. The van der Waals surface area contributed by atoms with Crippen LogP contribution in [-0.4, -0.2) is 44.4 Å². The van der Waals surface area contributed by atoms with Crippen LogP contribution in [0.2, 0.25) is 0 Å². The van der Waals surface area contributed by atoms with Crippen LogP contribution in [0.3, 0.4) is 0 Å². The Bertz CT molecular complexity index is 841. The first kappa shape index (κ1) is 13.8. The minimum atomic E-state index is -1.72. The first-order valence-corrected chi connectivity index (χ1v) is 8.43. The number of nitrogens with zero attached hydrogens (tertiary/aromatic N) is 2. The molecule has 0 saturated carbocycles. The zero-order valence-corrected chi connectivity index (χ0v) is 14.4. The molecular weight excluding hydrogens is 318 g/mol. The molecule has 0 radical (unpaired) electrons. The van der Waals surface area contributed by atoms with Gasteiger partial charge in [0.05, 0.1) is 33.9 Å². The molecule has 0 spiro atoms. The number of anilines is 2. The van der Waals surface area contributed by atoms with E-state index in [-0.39, 0.29) is 12.7 Å². The summed E-state index contributed by atoms with van der Waals surface area (Å²) in [6.07, 6.45) is 2.70. The van der Waals surface area contributed by atoms with E-state index in [1.807, 2.05) is 31.2 Å². The number of hydrogen-bond donors (Lipinski definition) is 1. The summed E-state index contributed by atoms with van der Waals surface area (Å²) < 4.78 is 33.9. The van der Waals surface area contributed by atoms with Gasteiger partial charge in [0.15, 0.2) is 0 Å². The van der Waals surface area contributed by atoms with Gasteiger partial charge in [0.25, 0.3) is 0 Å². The van der Waals surface area contributed by atoms with Crippen LogP contribution in [0.15, 0.2) is 30.5 Å². The number of aromatic nitrogens is 1. The second-order valence-corrected chi connectivity index (χ2v) is 6.16. The fraction of sp³-hybridized carbons (Fsp3) is 0.421. The van der Waals surface area contributed by atoms with E-state index in [0.29, 0.717) is 28.8 Å². The summed E-state index contributed by atoms with van der Waals surface area (Å²) in [6, 6.07) is 7.41. The van der Waals surface area contributed by atoms with Gasteiger partial charge in [-0.3, -0.25) is 0 Å². The van der Waals surface area contributed by atoms with Crippen LogP contribution in [0.5, 0.6) is 17.4 Å². The van der Waals surface area contributed by atoms with E-state index < -0.39 is 6.50 Å². The van der Waals surface area contributed by atoms with Crippen molar-refractivity contribution >= 4 is 11.4 Å². The summed E-state index contributed by atoms with van der Waals surface area (Å²) in [4.78, 5) is 5.92. The number of aryl methyl sites for hydroxylation is 1. The van der Waals surface area contributed by atoms with E-state index in [1.165, 1.54) is 0 Å². The van der Waals surface area contributed by atoms with Gasteiger partial charge in [-0.2, -0.15) is 0 Å². The van der Waals surface area contributed by atoms with Crippen LogP contribution in [0.25, 0.3) is 0 Å². The number of hydrogen-bond acceptors (Lipinski definition) is 6. The quantitative estimate of drug-likeness (QED) is 0.921. The van der Waals surface area contributed by atoms with E-state index in [1.54, 1.807) is 18.2 Å². The third kappa shape index (κ3) is 3.22. The summed E-state index contributed by atoms with van der Waals surface area (Å²) in [6.45, 7) is 1.86. The molecule has 2 aliphatic rings. The number of fused-ring (bicyclic) bond motifs is 1. The molecular formula is C19H23N3O3. The molecule has 4 rings (SSSR count). The Morgan fingerprint density at radius 2 is 2.32 bits per heavy atom. The van der Waals surface area contributed by atoms with Crippen LogP contribution in [0.1, 0.15) is 14.7 Å². The molecule has 1 aromatic heterocycles. The fourth-order valence-electron chi connectivity index (χ4n) is 3.16. The van der Waals surface area contributed by atoms with Gasteiger partial charge in [0.1, 0.15) is 24.2 Å². The Morgan fingerprint density at radius 1 is 1.40 bits per heavy atom. The van der Waals surface area contributed by atoms with Crippen molar-refractivity contribution in [3.63, 3.8) is 0 Å². The lowest BCUT2D eigenvalue weighted by atomic mass is 10.2. The minimum absolute atomic E-state index is 0.0716. The Kier molecular flexibility index (Phi) is 3.75. The SMILES string of the molecule is [2H]C1([2H])COc2ccc(OC3CCNC3)cc2N1c1cnc(OC)c(C)c1. The van der Waals surface area contributed by atoms with Crippen LogP contribution in [0.4, 0.5) is 11.4 Å². The molecule has 3 heterocycles. The molecule has 2 aliphatic heterocycles. The highest BCUT2D eigenvalue weighted by Gasteiger charge is 2.23. The molecule has 0 aliphatic carbocycles. The molecule has 0 amide bonds. The third-order valence-corrected chi connectivity index (χ3v) is 4.41. The molecule has 25 heavy (non-hydrogen) atoms. The molecule has 1 fully saturated rings. The first-order valence-electron chi connectivity index (χ1n) is 9.43. The molecule has 6 heteroatoms. The van der Waals surface area contributed by atoms with Crippen molar-refractivity contribution in [1.82, 2.24) is 10.3 Å². The Balaban J connectivity index is 1.73. The summed E-state index contributed by atoms with van der Waals surface area (Å²) in [5.41, 5.74) is 2.10. The molecule has 6 nitrogen and oxygen atoms in total. The standard InChI is InChI=1S/C19H23N3O3/c1-13-9-14(11-21-19(13)23-2)22-7-8-24-18-4-3-15(10-17(18)22)25-16-5-6-20-12-16/h3-4,9-11,16,20H,5-8,12H2,1-2H3/i7D2. The lowest BCUT2D eigenvalue weighted by Gasteiger charge is -2.31. The molecule has 1 saturated heterocycles. The van der Waals surface area contributed by atoms with Gasteiger partial charge >= 0.3 is 0 Å². The largest absolute Gasteiger partial charge is 0.490 e. The Morgan fingerprint density at radius 3 is 3.08 bits per heavy atom. The predicted molar refractivity (Wildman–Crippen MR) is 96.4 cm³/mol. The predicted octanol–water partition coefficient (Wildman–Crippen LogP) is 2.67. The van der Waals surface area contributed by atoms with E-state index in [4.69, 9.17) is 17.0 Å². The Hall–Kier alpha value is -2.47. The van der Waals surface area contributed by atoms with Gasteiger partial charge < -0.3 is 24.4 Å². The average molecular weight is 343 g/mol. The first-order chi connectivity index (χ1) is 13.0. The number of methoxy groups -OCH3 is 1. The van der Waals surface area contributed by atoms with Crippen LogP contribution in [-0.2, 0) is 0 Å². The van der Waals surface area contributed by atoms with Crippen molar-refractivity contribution in [2.24, 2.45) is 0 Å². The molecule has 1 unspecified atom stereocenters. The molecule has 1 aromatic carbocycles. The monoisotopic (exact) mass is 343 g/mol. The van der Waals surface area contributed by atoms with Gasteiger partial charge in [0, 0.05) is 18.2 Å². The highest BCUT2D eigenvalue weighted by molar-refractivity contribution is 5.72. The van der Waals surface area contributed by atoms with Gasteiger partial charge in [-0.1, -0.05) is 0 Å². The maximum Gasteiger partial charge on any atom is 0.216 e. The van der Waals surface area contributed by atoms with Crippen molar-refractivity contribution in [2.75, 3.05) is 38.2 Å². The number of nitrogens with one attached hydrogen (secondary N) is 1. The lowest BCUT2D eigenvalue weighted by Crippen LogP contribution is -2.29. The normalized spacial score (nSPS) is 22.5. The molecule has 2 aromatic rings. The van der Waals surface area contributed by atoms with Crippen LogP contribution in [0, 0.1) is 6.92 Å². The number of benzene rings is 1. The summed E-state index contributed by atoms with van der Waals surface area (Å²) >= 11 is 0. The van der Waals surface area contributed by atoms with Gasteiger partial charge in [-0.15, -0.1) is 0 Å². The van der Waals surface area contributed by atoms with E-state index in [9.17, 15) is 0 Å². The van der Waals surface area contributed by atoms with Crippen molar-refractivity contribution in [2.45, 2.75) is 19.4 Å². The summed E-state index contributed by atoms with van der Waals surface area (Å²) in [5.74, 6) is 1.85. The molecule has 1 atom stereocenters. The summed E-state index contributed by atoms with van der Waals surface area (Å²) in [7, 11) is 1.57. The second kappa shape index (κ2) is 6.80. The third-order valence-electron chi connectivity index (χ3n) is 4.41. The van der Waals surface area contributed by atoms with E-state index in [0.717, 1.165) is 25.1 Å². The van der Waals surface area contributed by atoms with Crippen LogP contribution < -0.4 is 24.4 Å². The highest BCUT2D eigenvalue weighted by Crippen LogP contribution is 2.39. The zero-order valence-electron chi connectivity index (χ0n) is 16.4.